The minimum atomic E-state index is 0.969. The van der Waals surface area contributed by atoms with Crippen LogP contribution >= 0.6 is 0 Å². The minimum Gasteiger partial charge on any atom is -0.0979 e. The Morgan fingerprint density at radius 2 is 1.00 bits per heavy atom. The number of hydrogen-bond donors (Lipinski definition) is 0. The van der Waals surface area contributed by atoms with Crippen molar-refractivity contribution in [3.8, 4) is 34.8 Å². The Hall–Kier alpha value is -3.22. The second kappa shape index (κ2) is 11.7. The fourth-order valence-corrected chi connectivity index (χ4v) is 3.20. The number of aryl methyl sites for hydroxylation is 1. The van der Waals surface area contributed by atoms with Gasteiger partial charge in [-0.15, -0.1) is 0 Å². The molecule has 0 saturated carbocycles. The molecule has 30 heavy (non-hydrogen) atoms. The van der Waals surface area contributed by atoms with E-state index >= 15 is 0 Å². The third-order valence-corrected chi connectivity index (χ3v) is 5.12. The van der Waals surface area contributed by atoms with Crippen molar-refractivity contribution in [1.29, 1.82) is 0 Å². The summed E-state index contributed by atoms with van der Waals surface area (Å²) in [6, 6.07) is 25.6. The van der Waals surface area contributed by atoms with Crippen LogP contribution in [0, 0.1) is 23.7 Å². The summed E-state index contributed by atoms with van der Waals surface area (Å²) in [4.78, 5) is 0. The van der Waals surface area contributed by atoms with Crippen molar-refractivity contribution in [2.24, 2.45) is 0 Å². The van der Waals surface area contributed by atoms with E-state index in [2.05, 4.69) is 98.2 Å². The lowest BCUT2D eigenvalue weighted by Gasteiger charge is -2.04. The Balaban J connectivity index is 1.62. The van der Waals surface area contributed by atoms with Crippen LogP contribution in [0.1, 0.15) is 68.2 Å². The van der Waals surface area contributed by atoms with Gasteiger partial charge in [0.15, 0.2) is 0 Å². The summed E-state index contributed by atoms with van der Waals surface area (Å²) in [7, 11) is 0. The van der Waals surface area contributed by atoms with Crippen LogP contribution in [-0.2, 0) is 6.42 Å². The third kappa shape index (κ3) is 6.69. The standard InChI is InChI=1S/C30H30/c1-3-5-7-8-10-26-11-13-27(14-12-26)15-16-28-19-23-30(24-20-28)29-21-17-25(18-22-29)9-6-4-2/h11-14,17-24H,3-7,9H2,1-2H3. The molecule has 0 N–H and O–H groups in total. The predicted molar refractivity (Wildman–Crippen MR) is 129 cm³/mol. The van der Waals surface area contributed by atoms with Gasteiger partial charge in [-0.25, -0.2) is 0 Å². The monoisotopic (exact) mass is 390 g/mol. The fourth-order valence-electron chi connectivity index (χ4n) is 3.20. The van der Waals surface area contributed by atoms with Crippen molar-refractivity contribution >= 4 is 0 Å². The molecule has 0 saturated heterocycles. The Morgan fingerprint density at radius 3 is 1.53 bits per heavy atom. The SMILES string of the molecule is CCCCC#Cc1ccc(C#Cc2ccc(-c3ccc(CCCC)cc3)cc2)cc1. The summed E-state index contributed by atoms with van der Waals surface area (Å²) in [6.07, 6.45) is 6.98. The van der Waals surface area contributed by atoms with Crippen LogP contribution in [0.4, 0.5) is 0 Å². The van der Waals surface area contributed by atoms with Crippen molar-refractivity contribution in [3.63, 3.8) is 0 Å². The lowest BCUT2D eigenvalue weighted by atomic mass is 10.0. The molecule has 0 bridgehead atoms. The van der Waals surface area contributed by atoms with Crippen LogP contribution in [0.3, 0.4) is 0 Å². The van der Waals surface area contributed by atoms with E-state index in [1.165, 1.54) is 42.4 Å². The van der Waals surface area contributed by atoms with Gasteiger partial charge in [-0.2, -0.15) is 0 Å². The average molecular weight is 391 g/mol. The van der Waals surface area contributed by atoms with E-state index in [9.17, 15) is 0 Å². The Morgan fingerprint density at radius 1 is 0.533 bits per heavy atom. The molecule has 0 heterocycles. The van der Waals surface area contributed by atoms with E-state index in [0.717, 1.165) is 29.5 Å². The van der Waals surface area contributed by atoms with Crippen molar-refractivity contribution in [2.75, 3.05) is 0 Å². The van der Waals surface area contributed by atoms with E-state index in [1.807, 2.05) is 12.1 Å². The third-order valence-electron chi connectivity index (χ3n) is 5.12. The molecule has 0 heteroatoms. The van der Waals surface area contributed by atoms with Crippen molar-refractivity contribution in [3.05, 3.63) is 95.1 Å². The first kappa shape index (κ1) is 21.5. The Kier molecular flexibility index (Phi) is 8.38. The molecule has 3 aromatic carbocycles. The van der Waals surface area contributed by atoms with Crippen molar-refractivity contribution < 1.29 is 0 Å². The van der Waals surface area contributed by atoms with E-state index in [1.54, 1.807) is 0 Å². The maximum Gasteiger partial charge on any atom is 0.0249 e. The summed E-state index contributed by atoms with van der Waals surface area (Å²) in [5.74, 6) is 13.0. The lowest BCUT2D eigenvalue weighted by Crippen LogP contribution is -1.85. The van der Waals surface area contributed by atoms with Gasteiger partial charge >= 0.3 is 0 Å². The van der Waals surface area contributed by atoms with Gasteiger partial charge in [0.25, 0.3) is 0 Å². The second-order valence-corrected chi connectivity index (χ2v) is 7.61. The highest BCUT2D eigenvalue weighted by atomic mass is 14.0. The quantitative estimate of drug-likeness (QED) is 0.300. The minimum absolute atomic E-state index is 0.969. The molecule has 0 unspecified atom stereocenters. The van der Waals surface area contributed by atoms with Crippen LogP contribution in [0.15, 0.2) is 72.8 Å². The smallest absolute Gasteiger partial charge is 0.0249 e. The van der Waals surface area contributed by atoms with Gasteiger partial charge in [0, 0.05) is 23.1 Å². The molecule has 3 rings (SSSR count). The summed E-state index contributed by atoms with van der Waals surface area (Å²) in [5, 5.41) is 0. The van der Waals surface area contributed by atoms with Crippen LogP contribution < -0.4 is 0 Å². The van der Waals surface area contributed by atoms with Gasteiger partial charge in [-0.3, -0.25) is 0 Å². The Labute approximate surface area is 182 Å². The first-order valence-corrected chi connectivity index (χ1v) is 11.1. The molecule has 0 fully saturated rings. The Bertz CT molecular complexity index is 1030. The van der Waals surface area contributed by atoms with Gasteiger partial charge in [-0.1, -0.05) is 86.8 Å². The number of hydrogen-bond acceptors (Lipinski definition) is 0. The van der Waals surface area contributed by atoms with Gasteiger partial charge in [-0.05, 0) is 72.4 Å². The molecule has 0 radical (unpaired) electrons. The highest BCUT2D eigenvalue weighted by Gasteiger charge is 1.99. The van der Waals surface area contributed by atoms with Crippen molar-refractivity contribution in [2.45, 2.75) is 52.4 Å². The van der Waals surface area contributed by atoms with E-state index in [-0.39, 0.29) is 0 Å². The molecule has 0 aromatic heterocycles. The normalized spacial score (nSPS) is 9.93. The summed E-state index contributed by atoms with van der Waals surface area (Å²) < 4.78 is 0. The zero-order valence-electron chi connectivity index (χ0n) is 18.2. The summed E-state index contributed by atoms with van der Waals surface area (Å²) >= 11 is 0. The molecule has 0 amide bonds. The molecule has 0 nitrogen and oxygen atoms in total. The van der Waals surface area contributed by atoms with Gasteiger partial charge in [0.1, 0.15) is 0 Å². The second-order valence-electron chi connectivity index (χ2n) is 7.61. The zero-order chi connectivity index (χ0) is 21.0. The number of rotatable bonds is 6. The topological polar surface area (TPSA) is 0 Å². The van der Waals surface area contributed by atoms with Crippen molar-refractivity contribution in [1.82, 2.24) is 0 Å². The molecular weight excluding hydrogens is 360 g/mol. The first-order chi connectivity index (χ1) is 14.8. The predicted octanol–water partition coefficient (Wildman–Crippen LogP) is 7.64. The van der Waals surface area contributed by atoms with Crippen LogP contribution in [-0.4, -0.2) is 0 Å². The molecule has 0 spiro atoms. The molecular formula is C30H30. The summed E-state index contributed by atoms with van der Waals surface area (Å²) in [5.41, 5.74) is 7.00. The number of unbranched alkanes of at least 4 members (excludes halogenated alkanes) is 3. The lowest BCUT2D eigenvalue weighted by molar-refractivity contribution is 0.795. The van der Waals surface area contributed by atoms with Gasteiger partial charge < -0.3 is 0 Å². The fraction of sp³-hybridized carbons (Fsp3) is 0.267. The highest BCUT2D eigenvalue weighted by Crippen LogP contribution is 2.21. The molecule has 0 aliphatic carbocycles. The van der Waals surface area contributed by atoms with E-state index in [0.29, 0.717) is 0 Å². The zero-order valence-corrected chi connectivity index (χ0v) is 18.2. The van der Waals surface area contributed by atoms with Crippen LogP contribution in [0.5, 0.6) is 0 Å². The first-order valence-electron chi connectivity index (χ1n) is 11.1. The van der Waals surface area contributed by atoms with Crippen LogP contribution in [0.2, 0.25) is 0 Å². The van der Waals surface area contributed by atoms with E-state index < -0.39 is 0 Å². The highest BCUT2D eigenvalue weighted by molar-refractivity contribution is 5.64. The number of benzene rings is 3. The van der Waals surface area contributed by atoms with Gasteiger partial charge in [0.2, 0.25) is 0 Å². The van der Waals surface area contributed by atoms with E-state index in [4.69, 9.17) is 0 Å². The molecule has 0 atom stereocenters. The average Bonchev–Trinajstić information content (AvgIpc) is 2.81. The van der Waals surface area contributed by atoms with Crippen LogP contribution in [0.25, 0.3) is 11.1 Å². The largest absolute Gasteiger partial charge is 0.0979 e. The molecule has 3 aromatic rings. The molecule has 0 aliphatic rings. The molecule has 150 valence electrons. The maximum absolute atomic E-state index is 3.27. The summed E-state index contributed by atoms with van der Waals surface area (Å²) in [6.45, 7) is 4.42. The maximum atomic E-state index is 3.27. The van der Waals surface area contributed by atoms with Gasteiger partial charge in [0.05, 0.1) is 0 Å². The molecule has 0 aliphatic heterocycles.